The van der Waals surface area contributed by atoms with E-state index in [1.165, 1.54) is 0 Å². The third-order valence-corrected chi connectivity index (χ3v) is 2.36. The molecule has 12 heavy (non-hydrogen) atoms. The average molecular weight is 232 g/mol. The number of hydrogen-bond donors (Lipinski definition) is 1. The van der Waals surface area contributed by atoms with E-state index in [0.29, 0.717) is 23.0 Å². The van der Waals surface area contributed by atoms with Crippen LogP contribution in [0.4, 0.5) is 4.39 Å². The van der Waals surface area contributed by atoms with E-state index >= 15 is 0 Å². The first kappa shape index (κ1) is 9.68. The van der Waals surface area contributed by atoms with Crippen LogP contribution in [-0.4, -0.2) is 0 Å². The summed E-state index contributed by atoms with van der Waals surface area (Å²) < 4.78 is 13.7. The number of hydrogen-bond acceptors (Lipinski definition) is 1. The molecule has 0 amide bonds. The molecule has 0 saturated carbocycles. The summed E-state index contributed by atoms with van der Waals surface area (Å²) in [5.74, 6) is -0.172. The largest absolute Gasteiger partial charge is 0.326 e. The highest BCUT2D eigenvalue weighted by molar-refractivity contribution is 9.10. The first-order valence-electron chi connectivity index (χ1n) is 3.86. The van der Waals surface area contributed by atoms with E-state index in [1.54, 1.807) is 12.1 Å². The molecule has 0 unspecified atom stereocenters. The van der Waals surface area contributed by atoms with Crippen molar-refractivity contribution in [3.8, 4) is 0 Å². The molecule has 0 radical (unpaired) electrons. The Morgan fingerprint density at radius 3 is 2.67 bits per heavy atom. The van der Waals surface area contributed by atoms with Gasteiger partial charge in [-0.25, -0.2) is 4.39 Å². The van der Waals surface area contributed by atoms with Crippen molar-refractivity contribution in [2.24, 2.45) is 5.73 Å². The molecule has 0 spiro atoms. The highest BCUT2D eigenvalue weighted by Crippen LogP contribution is 2.21. The monoisotopic (exact) mass is 231 g/mol. The lowest BCUT2D eigenvalue weighted by Gasteiger charge is -2.04. The molecule has 3 heteroatoms. The molecule has 1 aromatic rings. The Morgan fingerprint density at radius 1 is 1.50 bits per heavy atom. The summed E-state index contributed by atoms with van der Waals surface area (Å²) in [6, 6.07) is 3.52. The lowest BCUT2D eigenvalue weighted by molar-refractivity contribution is 0.604. The molecule has 0 atom stereocenters. The third-order valence-electron chi connectivity index (χ3n) is 1.78. The van der Waals surface area contributed by atoms with Crippen molar-refractivity contribution in [3.63, 3.8) is 0 Å². The van der Waals surface area contributed by atoms with E-state index in [9.17, 15) is 4.39 Å². The van der Waals surface area contributed by atoms with Crippen LogP contribution >= 0.6 is 15.9 Å². The molecule has 0 bridgehead atoms. The lowest BCUT2D eigenvalue weighted by Crippen LogP contribution is -1.99. The summed E-state index contributed by atoms with van der Waals surface area (Å²) in [7, 11) is 0. The molecule has 0 aromatic heterocycles. The minimum atomic E-state index is -0.172. The predicted octanol–water partition coefficient (Wildman–Crippen LogP) is 2.61. The van der Waals surface area contributed by atoms with E-state index in [4.69, 9.17) is 5.73 Å². The Bertz CT molecular complexity index is 286. The van der Waals surface area contributed by atoms with Gasteiger partial charge in [0, 0.05) is 6.54 Å². The normalized spacial score (nSPS) is 10.3. The van der Waals surface area contributed by atoms with Gasteiger partial charge in [0.25, 0.3) is 0 Å². The number of aryl methyl sites for hydroxylation is 1. The van der Waals surface area contributed by atoms with Crippen LogP contribution < -0.4 is 5.73 Å². The quantitative estimate of drug-likeness (QED) is 0.833. The zero-order valence-corrected chi connectivity index (χ0v) is 8.49. The summed E-state index contributed by atoms with van der Waals surface area (Å²) in [6.07, 6.45) is 0.693. The summed E-state index contributed by atoms with van der Waals surface area (Å²) in [5, 5.41) is 0. The molecular formula is C9H11BrFN. The highest BCUT2D eigenvalue weighted by atomic mass is 79.9. The Morgan fingerprint density at radius 2 is 2.17 bits per heavy atom. The second-order valence-electron chi connectivity index (χ2n) is 2.61. The fourth-order valence-electron chi connectivity index (χ4n) is 1.08. The zero-order valence-electron chi connectivity index (χ0n) is 6.90. The van der Waals surface area contributed by atoms with Gasteiger partial charge in [-0.2, -0.15) is 0 Å². The van der Waals surface area contributed by atoms with Gasteiger partial charge in [0.05, 0.1) is 4.47 Å². The van der Waals surface area contributed by atoms with E-state index in [-0.39, 0.29) is 5.82 Å². The Balaban J connectivity index is 3.19. The van der Waals surface area contributed by atoms with Crippen LogP contribution in [0, 0.1) is 5.82 Å². The summed E-state index contributed by atoms with van der Waals surface area (Å²) in [5.41, 5.74) is 7.12. The van der Waals surface area contributed by atoms with Crippen LogP contribution in [0.2, 0.25) is 0 Å². The summed E-state index contributed by atoms with van der Waals surface area (Å²) in [6.45, 7) is 2.37. The molecule has 0 aliphatic heterocycles. The van der Waals surface area contributed by atoms with E-state index in [0.717, 1.165) is 5.56 Å². The van der Waals surface area contributed by atoms with E-state index in [2.05, 4.69) is 15.9 Å². The number of nitrogens with two attached hydrogens (primary N) is 1. The molecule has 2 N–H and O–H groups in total. The second-order valence-corrected chi connectivity index (χ2v) is 3.46. The Hall–Kier alpha value is -0.410. The molecule has 1 nitrogen and oxygen atoms in total. The van der Waals surface area contributed by atoms with Gasteiger partial charge < -0.3 is 5.73 Å². The van der Waals surface area contributed by atoms with Gasteiger partial charge in [-0.1, -0.05) is 13.0 Å². The minimum absolute atomic E-state index is 0.172. The molecular weight excluding hydrogens is 221 g/mol. The zero-order chi connectivity index (χ0) is 9.14. The molecule has 66 valence electrons. The van der Waals surface area contributed by atoms with Crippen molar-refractivity contribution in [1.29, 1.82) is 0 Å². The SMILES string of the molecule is CCc1cc(CN)cc(Br)c1F. The summed E-state index contributed by atoms with van der Waals surface area (Å²) >= 11 is 3.15. The van der Waals surface area contributed by atoms with E-state index in [1.807, 2.05) is 6.92 Å². The fraction of sp³-hybridized carbons (Fsp3) is 0.333. The highest BCUT2D eigenvalue weighted by Gasteiger charge is 2.06. The predicted molar refractivity (Wildman–Crippen MR) is 51.4 cm³/mol. The van der Waals surface area contributed by atoms with Crippen molar-refractivity contribution in [3.05, 3.63) is 33.5 Å². The lowest BCUT2D eigenvalue weighted by atomic mass is 10.1. The number of rotatable bonds is 2. The first-order chi connectivity index (χ1) is 5.69. The van der Waals surface area contributed by atoms with E-state index < -0.39 is 0 Å². The van der Waals surface area contributed by atoms with Gasteiger partial charge in [0.2, 0.25) is 0 Å². The molecule has 0 aliphatic rings. The van der Waals surface area contributed by atoms with Crippen LogP contribution in [0.5, 0.6) is 0 Å². The van der Waals surface area contributed by atoms with Gasteiger partial charge >= 0.3 is 0 Å². The van der Waals surface area contributed by atoms with Gasteiger partial charge in [-0.05, 0) is 39.5 Å². The smallest absolute Gasteiger partial charge is 0.140 e. The van der Waals surface area contributed by atoms with Gasteiger partial charge in [0.15, 0.2) is 0 Å². The maximum atomic E-state index is 13.2. The topological polar surface area (TPSA) is 26.0 Å². The molecule has 0 saturated heterocycles. The van der Waals surface area contributed by atoms with Crippen molar-refractivity contribution < 1.29 is 4.39 Å². The average Bonchev–Trinajstić information content (AvgIpc) is 2.09. The number of benzene rings is 1. The van der Waals surface area contributed by atoms with Gasteiger partial charge in [-0.3, -0.25) is 0 Å². The van der Waals surface area contributed by atoms with Crippen molar-refractivity contribution in [2.75, 3.05) is 0 Å². The van der Waals surface area contributed by atoms with Crippen molar-refractivity contribution in [2.45, 2.75) is 19.9 Å². The fourth-order valence-corrected chi connectivity index (χ4v) is 1.63. The van der Waals surface area contributed by atoms with Crippen molar-refractivity contribution in [1.82, 2.24) is 0 Å². The standard InChI is InChI=1S/C9H11BrFN/c1-2-7-3-6(5-12)4-8(10)9(7)11/h3-4H,2,5,12H2,1H3. The summed E-state index contributed by atoms with van der Waals surface area (Å²) in [4.78, 5) is 0. The molecule has 0 heterocycles. The van der Waals surface area contributed by atoms with Crippen LogP contribution in [0.15, 0.2) is 16.6 Å². The van der Waals surface area contributed by atoms with Crippen LogP contribution in [-0.2, 0) is 13.0 Å². The maximum absolute atomic E-state index is 13.2. The molecule has 1 rings (SSSR count). The first-order valence-corrected chi connectivity index (χ1v) is 4.65. The molecule has 0 aliphatic carbocycles. The maximum Gasteiger partial charge on any atom is 0.140 e. The van der Waals surface area contributed by atoms with Gasteiger partial charge in [0.1, 0.15) is 5.82 Å². The van der Waals surface area contributed by atoms with Crippen molar-refractivity contribution >= 4 is 15.9 Å². The molecule has 1 aromatic carbocycles. The molecule has 0 fully saturated rings. The van der Waals surface area contributed by atoms with Crippen LogP contribution in [0.25, 0.3) is 0 Å². The van der Waals surface area contributed by atoms with Crippen LogP contribution in [0.1, 0.15) is 18.1 Å². The van der Waals surface area contributed by atoms with Gasteiger partial charge in [-0.15, -0.1) is 0 Å². The minimum Gasteiger partial charge on any atom is -0.326 e. The Labute approximate surface area is 79.9 Å². The Kier molecular flexibility index (Phi) is 3.23. The van der Waals surface area contributed by atoms with Crippen LogP contribution in [0.3, 0.4) is 0 Å². The second kappa shape index (κ2) is 4.01. The third kappa shape index (κ3) is 1.84. The number of halogens is 2.